The summed E-state index contributed by atoms with van der Waals surface area (Å²) in [4.78, 5) is 0. The van der Waals surface area contributed by atoms with E-state index in [2.05, 4.69) is 11.7 Å². The Hall–Kier alpha value is -0.840. The number of hydrogen-bond acceptors (Lipinski definition) is 3. The minimum atomic E-state index is -2.54. The molecule has 1 radical (unpaired) electrons. The topological polar surface area (TPSA) is 18.5 Å². The highest BCUT2D eigenvalue weighted by Gasteiger charge is 2.16. The highest BCUT2D eigenvalue weighted by atomic mass is 19.3. The second-order valence-corrected chi connectivity index (χ2v) is 1.62. The third-order valence-electron chi connectivity index (χ3n) is 0.851. The molecule has 0 unspecified atom stereocenters. The van der Waals surface area contributed by atoms with Crippen LogP contribution in [0.4, 0.5) is 8.78 Å². The Morgan fingerprint density at radius 2 is 2.33 bits per heavy atom. The lowest BCUT2D eigenvalue weighted by molar-refractivity contribution is -0.0530. The van der Waals surface area contributed by atoms with Crippen LogP contribution < -0.4 is 5.53 Å². The fraction of sp³-hybridized carbons (Fsp3) is 0.500. The van der Waals surface area contributed by atoms with Crippen LogP contribution in [0.15, 0.2) is 6.20 Å². The van der Waals surface area contributed by atoms with E-state index in [9.17, 15) is 8.78 Å². The van der Waals surface area contributed by atoms with Crippen molar-refractivity contribution in [3.05, 3.63) is 12.4 Å². The van der Waals surface area contributed by atoms with Crippen LogP contribution >= 0.6 is 0 Å². The molecule has 0 atom stereocenters. The smallest absolute Gasteiger partial charge is 0.299 e. The quantitative estimate of drug-likeness (QED) is 0.515. The van der Waals surface area contributed by atoms with Crippen molar-refractivity contribution in [1.82, 2.24) is 15.6 Å². The summed E-state index contributed by atoms with van der Waals surface area (Å²) < 4.78 is 23.3. The number of rotatable bonds is 1. The van der Waals surface area contributed by atoms with Gasteiger partial charge in [-0.3, -0.25) is 5.01 Å². The summed E-state index contributed by atoms with van der Waals surface area (Å²) in [6.45, 7) is -2.54. The molecule has 0 saturated heterocycles. The summed E-state index contributed by atoms with van der Waals surface area (Å²) in [5.74, 6) is 0. The normalized spacial score (nSPS) is 18.2. The van der Waals surface area contributed by atoms with Gasteiger partial charge >= 0.3 is 6.55 Å². The van der Waals surface area contributed by atoms with Crippen molar-refractivity contribution >= 4 is 0 Å². The van der Waals surface area contributed by atoms with Crippen molar-refractivity contribution in [2.24, 2.45) is 0 Å². The Bertz CT molecular complexity index is 125. The van der Waals surface area contributed by atoms with E-state index in [-0.39, 0.29) is 0 Å². The molecule has 51 valence electrons. The summed E-state index contributed by atoms with van der Waals surface area (Å²) in [5.41, 5.74) is 2.30. The molecule has 3 nitrogen and oxygen atoms in total. The van der Waals surface area contributed by atoms with Crippen LogP contribution in [0.2, 0.25) is 0 Å². The zero-order chi connectivity index (χ0) is 6.85. The summed E-state index contributed by atoms with van der Waals surface area (Å²) in [6.07, 6.45) is 3.66. The SMILES string of the molecule is CN1C=[C]N(C(F)F)N1. The van der Waals surface area contributed by atoms with Crippen molar-refractivity contribution in [2.75, 3.05) is 7.05 Å². The predicted octanol–water partition coefficient (Wildman–Crippen LogP) is 0.150. The molecule has 5 heteroatoms. The Kier molecular flexibility index (Phi) is 1.52. The van der Waals surface area contributed by atoms with Crippen molar-refractivity contribution in [1.29, 1.82) is 0 Å². The maximum atomic E-state index is 11.7. The van der Waals surface area contributed by atoms with Gasteiger partial charge in [-0.1, -0.05) is 0 Å². The first-order valence-corrected chi connectivity index (χ1v) is 2.36. The number of hydrazine groups is 2. The molecule has 1 aliphatic heterocycles. The largest absolute Gasteiger partial charge is 0.329 e. The molecule has 1 N–H and O–H groups in total. The maximum absolute atomic E-state index is 11.7. The molecule has 0 aromatic carbocycles. The van der Waals surface area contributed by atoms with E-state index in [0.29, 0.717) is 5.01 Å². The summed E-state index contributed by atoms with van der Waals surface area (Å²) in [7, 11) is 1.61. The molecule has 9 heavy (non-hydrogen) atoms. The van der Waals surface area contributed by atoms with Gasteiger partial charge in [0.1, 0.15) is 6.20 Å². The van der Waals surface area contributed by atoms with Gasteiger partial charge < -0.3 is 0 Å². The molecule has 0 aliphatic carbocycles. The predicted molar refractivity (Wildman–Crippen MR) is 26.6 cm³/mol. The first-order chi connectivity index (χ1) is 4.20. The van der Waals surface area contributed by atoms with Gasteiger partial charge in [0.2, 0.25) is 0 Å². The Balaban J connectivity index is 2.41. The van der Waals surface area contributed by atoms with Crippen LogP contribution in [0.5, 0.6) is 0 Å². The van der Waals surface area contributed by atoms with Crippen LogP contribution in [0.3, 0.4) is 0 Å². The Morgan fingerprint density at radius 1 is 1.67 bits per heavy atom. The molecule has 0 bridgehead atoms. The van der Waals surface area contributed by atoms with Gasteiger partial charge in [0.15, 0.2) is 0 Å². The van der Waals surface area contributed by atoms with Gasteiger partial charge in [-0.2, -0.15) is 8.78 Å². The van der Waals surface area contributed by atoms with Gasteiger partial charge in [-0.25, -0.2) is 5.01 Å². The molecular formula is C4H6F2N3. The van der Waals surface area contributed by atoms with Gasteiger partial charge in [0.05, 0.1) is 0 Å². The van der Waals surface area contributed by atoms with Gasteiger partial charge in [0, 0.05) is 13.2 Å². The van der Waals surface area contributed by atoms with E-state index < -0.39 is 6.55 Å². The zero-order valence-corrected chi connectivity index (χ0v) is 4.81. The lowest BCUT2D eigenvalue weighted by Crippen LogP contribution is -2.39. The highest BCUT2D eigenvalue weighted by molar-refractivity contribution is 4.75. The van der Waals surface area contributed by atoms with Crippen LogP contribution in [-0.2, 0) is 0 Å². The monoisotopic (exact) mass is 134 g/mol. The van der Waals surface area contributed by atoms with Crippen LogP contribution in [0.1, 0.15) is 0 Å². The van der Waals surface area contributed by atoms with Crippen molar-refractivity contribution < 1.29 is 8.78 Å². The standard InChI is InChI=1S/C4H6F2N3/c1-8-2-3-9(7-8)4(5)6/h2,4,7H,1H3. The summed E-state index contributed by atoms with van der Waals surface area (Å²) in [5, 5.41) is 1.96. The molecular weight excluding hydrogens is 128 g/mol. The van der Waals surface area contributed by atoms with E-state index >= 15 is 0 Å². The number of hydrogen-bond donors (Lipinski definition) is 1. The molecule has 0 aromatic heterocycles. The fourth-order valence-electron chi connectivity index (χ4n) is 0.476. The minimum Gasteiger partial charge on any atom is -0.299 e. The number of nitrogens with one attached hydrogen (secondary N) is 1. The lowest BCUT2D eigenvalue weighted by Gasteiger charge is -2.16. The van der Waals surface area contributed by atoms with Crippen LogP contribution in [0, 0.1) is 6.20 Å². The number of nitrogens with zero attached hydrogens (tertiary/aromatic N) is 2. The molecule has 1 aliphatic rings. The molecule has 1 rings (SSSR count). The molecule has 0 spiro atoms. The van der Waals surface area contributed by atoms with E-state index in [4.69, 9.17) is 0 Å². The molecule has 0 fully saturated rings. The maximum Gasteiger partial charge on any atom is 0.329 e. The molecule has 1 heterocycles. The van der Waals surface area contributed by atoms with Crippen molar-refractivity contribution in [3.8, 4) is 0 Å². The van der Waals surface area contributed by atoms with Gasteiger partial charge in [0.25, 0.3) is 0 Å². The lowest BCUT2D eigenvalue weighted by atomic mass is 10.8. The Labute approximate surface area is 51.5 Å². The third kappa shape index (κ3) is 1.29. The minimum absolute atomic E-state index is 0.583. The first-order valence-electron chi connectivity index (χ1n) is 2.36. The van der Waals surface area contributed by atoms with E-state index in [1.807, 2.05) is 0 Å². The van der Waals surface area contributed by atoms with Crippen molar-refractivity contribution in [3.63, 3.8) is 0 Å². The van der Waals surface area contributed by atoms with E-state index in [0.717, 1.165) is 0 Å². The van der Waals surface area contributed by atoms with Crippen LogP contribution in [0.25, 0.3) is 0 Å². The highest BCUT2D eigenvalue weighted by Crippen LogP contribution is 2.03. The summed E-state index contributed by atoms with van der Waals surface area (Å²) >= 11 is 0. The number of halogens is 2. The molecule has 0 aromatic rings. The van der Waals surface area contributed by atoms with Crippen molar-refractivity contribution in [2.45, 2.75) is 6.55 Å². The molecule has 0 amide bonds. The molecule has 0 saturated carbocycles. The fourth-order valence-corrected chi connectivity index (χ4v) is 0.476. The van der Waals surface area contributed by atoms with E-state index in [1.54, 1.807) is 7.05 Å². The zero-order valence-electron chi connectivity index (χ0n) is 4.81. The summed E-state index contributed by atoms with van der Waals surface area (Å²) in [6, 6.07) is 0. The van der Waals surface area contributed by atoms with E-state index in [1.165, 1.54) is 11.2 Å². The second-order valence-electron chi connectivity index (χ2n) is 1.62. The van der Waals surface area contributed by atoms with Crippen LogP contribution in [-0.4, -0.2) is 23.6 Å². The first kappa shape index (κ1) is 6.28. The number of alkyl halides is 2. The van der Waals surface area contributed by atoms with Gasteiger partial charge in [-0.15, -0.1) is 5.53 Å². The second kappa shape index (κ2) is 2.18. The average Bonchev–Trinajstić information content (AvgIpc) is 2.14. The average molecular weight is 134 g/mol. The Morgan fingerprint density at radius 3 is 2.56 bits per heavy atom. The third-order valence-corrected chi connectivity index (χ3v) is 0.851. The van der Waals surface area contributed by atoms with Gasteiger partial charge in [-0.05, 0) is 0 Å².